The van der Waals surface area contributed by atoms with Crippen molar-refractivity contribution in [3.63, 3.8) is 0 Å². The minimum Gasteiger partial charge on any atom is 0 e. The molecule has 0 aromatic heterocycles. The Morgan fingerprint density at radius 1 is 0.455 bits per heavy atom. The normalized spacial score (nSPS) is 0. The predicted molar refractivity (Wildman–Crippen MR) is 30.7 cm³/mol. The zero-order chi connectivity index (χ0) is 0. The van der Waals surface area contributed by atoms with E-state index in [-0.39, 0.29) is 258 Å². The van der Waals surface area contributed by atoms with E-state index in [0.717, 1.165) is 0 Å². The smallest absolute Gasteiger partial charge is 0 e. The third-order valence-corrected chi connectivity index (χ3v) is 0. The van der Waals surface area contributed by atoms with Crippen LogP contribution in [0.1, 0.15) is 0 Å². The maximum atomic E-state index is 0. The molecule has 0 amide bonds. The molecule has 0 rings (SSSR count). The summed E-state index contributed by atoms with van der Waals surface area (Å²) in [6.45, 7) is 0. The topological polar surface area (TPSA) is 85.5 Å². The van der Waals surface area contributed by atoms with E-state index >= 15 is 0 Å². The molecule has 0 spiro atoms. The predicted octanol–water partition coefficient (Wildman–Crippen LogP) is -2.96. The van der Waals surface area contributed by atoms with Gasteiger partial charge in [-0.25, -0.2) is 0 Å². The van der Waals surface area contributed by atoms with Gasteiger partial charge >= 0.3 is 126 Å². The Kier molecular flexibility index (Phi) is 738. The van der Waals surface area contributed by atoms with Gasteiger partial charge in [-0.15, -0.1) is 0 Å². The van der Waals surface area contributed by atoms with E-state index in [1.165, 1.54) is 0 Å². The van der Waals surface area contributed by atoms with Crippen molar-refractivity contribution < 1.29 is 132 Å². The van der Waals surface area contributed by atoms with Crippen LogP contribution in [0.5, 0.6) is 0 Å². The van der Waals surface area contributed by atoms with E-state index < -0.39 is 0 Å². The largest absolute Gasteiger partial charge is 0 e. The molecule has 0 unspecified atom stereocenters. The molecule has 3 nitrogen and oxygen atoms in total. The van der Waals surface area contributed by atoms with Crippen molar-refractivity contribution in [3.8, 4) is 0 Å². The number of hydrogen-bond acceptors (Lipinski definition) is 0. The molecular weight excluding hydrogens is 917 g/mol. The minimum absolute atomic E-state index is 0. The first kappa shape index (κ1) is 98.1. The molecule has 0 saturated carbocycles. The summed E-state index contributed by atoms with van der Waals surface area (Å²) in [6.07, 6.45) is 0. The molecule has 0 aliphatic heterocycles. The first-order chi connectivity index (χ1) is 0. The maximum absolute atomic E-state index is 0. The van der Waals surface area contributed by atoms with Crippen LogP contribution in [0.3, 0.4) is 0 Å². The Labute approximate surface area is 250 Å². The van der Waals surface area contributed by atoms with Gasteiger partial charge in [0.15, 0.2) is 0 Å². The van der Waals surface area contributed by atoms with Gasteiger partial charge in [-0.3, -0.25) is 0 Å². The molecule has 0 N–H and O–H groups in total. The molecular formula is H4Al2La2O3Sr2Ta2. The van der Waals surface area contributed by atoms with E-state index in [1.807, 2.05) is 0 Å². The Morgan fingerprint density at radius 2 is 0.455 bits per heavy atom. The Hall–Kier alpha value is 7.78. The number of hydrogen-bond donors (Lipinski definition) is 0. The summed E-state index contributed by atoms with van der Waals surface area (Å²) in [5.74, 6) is 0. The van der Waals surface area contributed by atoms with Crippen molar-refractivity contribution in [1.29, 1.82) is 0 Å². The Bertz CT molecular complexity index is 25.3. The molecule has 0 bridgehead atoms. The van der Waals surface area contributed by atoms with E-state index in [9.17, 15) is 0 Å². The van der Waals surface area contributed by atoms with Crippen molar-refractivity contribution in [3.05, 3.63) is 0 Å². The summed E-state index contributed by atoms with van der Waals surface area (Å²) in [5.41, 5.74) is 0. The van der Waals surface area contributed by atoms with Gasteiger partial charge in [0.2, 0.25) is 0 Å². The molecule has 48 valence electrons. The van der Waals surface area contributed by atoms with E-state index in [0.29, 0.717) is 0 Å². The molecule has 11 heavy (non-hydrogen) atoms. The van der Waals surface area contributed by atoms with Gasteiger partial charge in [0, 0.05) is 116 Å². The second-order valence-corrected chi connectivity index (χ2v) is 0. The maximum Gasteiger partial charge on any atom is 0 e. The summed E-state index contributed by atoms with van der Waals surface area (Å²) >= 11 is 0. The van der Waals surface area contributed by atoms with Crippen LogP contribution in [-0.2, 0) is 61.2 Å². The fraction of sp³-hybridized carbons (Fsp3) is 0. The second kappa shape index (κ2) is 82.7. The Morgan fingerprint density at radius 3 is 0.455 bits per heavy atom. The minimum atomic E-state index is 0. The van der Waals surface area contributed by atoms with Gasteiger partial charge in [-0.1, -0.05) is 0 Å². The molecule has 0 aromatic carbocycles. The van der Waals surface area contributed by atoms with E-state index in [1.54, 1.807) is 0 Å². The molecule has 0 saturated heterocycles. The molecule has 0 aliphatic rings. The molecule has 0 atom stereocenters. The van der Waals surface area contributed by atoms with Gasteiger partial charge in [0.1, 0.15) is 0 Å². The van der Waals surface area contributed by atoms with Crippen molar-refractivity contribution in [2.75, 3.05) is 0 Å². The third-order valence-electron chi connectivity index (χ3n) is 0. The van der Waals surface area contributed by atoms with Crippen molar-refractivity contribution in [1.82, 2.24) is 0 Å². The molecule has 0 aliphatic carbocycles. The SMILES string of the molecule is [Al+3].[Al+3].[La].[La].[O-2].[O-2].[O-2].[SrH2].[SrH2].[Ta].[Ta]. The van der Waals surface area contributed by atoms with Crippen molar-refractivity contribution in [2.45, 2.75) is 0 Å². The molecule has 0 fully saturated rings. The molecule has 4 radical (unpaired) electrons. The van der Waals surface area contributed by atoms with Gasteiger partial charge in [0.05, 0.1) is 0 Å². The van der Waals surface area contributed by atoms with Crippen LogP contribution >= 0.6 is 0 Å². The average Bonchev–Trinajstić information content (AvgIpc) is 0. The average molecular weight is 921 g/mol. The first-order valence-electron chi connectivity index (χ1n) is 0. The van der Waals surface area contributed by atoms with Gasteiger partial charge in [-0.05, 0) is 0 Å². The summed E-state index contributed by atoms with van der Waals surface area (Å²) in [6, 6.07) is 0. The summed E-state index contributed by atoms with van der Waals surface area (Å²) in [7, 11) is 0. The van der Waals surface area contributed by atoms with Crippen LogP contribution in [0.25, 0.3) is 0 Å². The van der Waals surface area contributed by atoms with Crippen LogP contribution in [0.2, 0.25) is 0 Å². The summed E-state index contributed by atoms with van der Waals surface area (Å²) < 4.78 is 0. The van der Waals surface area contributed by atoms with E-state index in [2.05, 4.69) is 0 Å². The zero-order valence-electron chi connectivity index (χ0n) is 4.43. The summed E-state index contributed by atoms with van der Waals surface area (Å²) in [4.78, 5) is 0. The van der Waals surface area contributed by atoms with Gasteiger partial charge < -0.3 is 16.4 Å². The molecule has 11 heteroatoms. The van der Waals surface area contributed by atoms with Crippen LogP contribution in [-0.4, -0.2) is 126 Å². The third kappa shape index (κ3) is 73.2. The molecule has 0 aromatic rings. The van der Waals surface area contributed by atoms with Crippen molar-refractivity contribution in [2.24, 2.45) is 0 Å². The fourth-order valence-electron chi connectivity index (χ4n) is 0. The summed E-state index contributed by atoms with van der Waals surface area (Å²) in [5, 5.41) is 0. The fourth-order valence-corrected chi connectivity index (χ4v) is 0. The monoisotopic (exact) mass is 921 g/mol. The van der Waals surface area contributed by atoms with Crippen LogP contribution in [0.4, 0.5) is 0 Å². The second-order valence-electron chi connectivity index (χ2n) is 0. The van der Waals surface area contributed by atoms with Crippen LogP contribution in [0, 0.1) is 71.2 Å². The van der Waals surface area contributed by atoms with Crippen LogP contribution < -0.4 is 0 Å². The van der Waals surface area contributed by atoms with Gasteiger partial charge in [0.25, 0.3) is 0 Å². The van der Waals surface area contributed by atoms with Crippen LogP contribution in [0.15, 0.2) is 0 Å². The quantitative estimate of drug-likeness (QED) is 0.233. The van der Waals surface area contributed by atoms with Crippen molar-refractivity contribution >= 4 is 126 Å². The van der Waals surface area contributed by atoms with E-state index in [4.69, 9.17) is 0 Å². The number of rotatable bonds is 0. The standard InChI is InChI=1S/2Al.2La.3O.2Sr.2Ta.4H/q2*+3;;;3*-2;;;;;;;;. The molecule has 0 heterocycles. The zero-order valence-corrected chi connectivity index (χ0v) is 20.4. The Balaban J connectivity index is 0. The first-order valence-corrected chi connectivity index (χ1v) is 0. The van der Waals surface area contributed by atoms with Gasteiger partial charge in [-0.2, -0.15) is 0 Å².